The summed E-state index contributed by atoms with van der Waals surface area (Å²) in [6.07, 6.45) is 17.2. The van der Waals surface area contributed by atoms with Gasteiger partial charge in [-0.05, 0) is 73.6 Å². The van der Waals surface area contributed by atoms with Crippen molar-refractivity contribution in [3.63, 3.8) is 0 Å². The molecule has 0 spiro atoms. The van der Waals surface area contributed by atoms with Gasteiger partial charge in [-0.2, -0.15) is 0 Å². The third-order valence-electron chi connectivity index (χ3n) is 6.14. The Labute approximate surface area is 170 Å². The molecule has 5 heteroatoms. The number of rotatable bonds is 5. The highest BCUT2D eigenvalue weighted by Gasteiger charge is 2.24. The van der Waals surface area contributed by atoms with Crippen LogP contribution in [0.15, 0.2) is 54.4 Å². The molecule has 0 bridgehead atoms. The van der Waals surface area contributed by atoms with Gasteiger partial charge in [-0.25, -0.2) is 4.39 Å². The molecule has 0 radical (unpaired) electrons. The maximum Gasteiger partial charge on any atom is 0.253 e. The zero-order valence-electron chi connectivity index (χ0n) is 16.5. The Morgan fingerprint density at radius 1 is 1.17 bits per heavy atom. The number of allylic oxidation sites excluding steroid dienone is 4. The quantitative estimate of drug-likeness (QED) is 0.641. The van der Waals surface area contributed by atoms with Crippen LogP contribution in [-0.4, -0.2) is 22.5 Å². The molecule has 1 saturated carbocycles. The minimum Gasteiger partial charge on any atom is -0.505 e. The summed E-state index contributed by atoms with van der Waals surface area (Å²) >= 11 is 0. The second-order valence-electron chi connectivity index (χ2n) is 8.06. The molecule has 0 aliphatic heterocycles. The van der Waals surface area contributed by atoms with Gasteiger partial charge in [0.05, 0.1) is 5.56 Å². The van der Waals surface area contributed by atoms with Crippen molar-refractivity contribution in [2.24, 2.45) is 11.8 Å². The molecule has 4 rings (SSSR count). The van der Waals surface area contributed by atoms with E-state index in [4.69, 9.17) is 0 Å². The number of amides is 1. The number of aromatic hydroxyl groups is 1. The molecule has 1 amide bonds. The maximum atomic E-state index is 13.3. The van der Waals surface area contributed by atoms with Crippen LogP contribution in [0.2, 0.25) is 0 Å². The van der Waals surface area contributed by atoms with Crippen LogP contribution in [0, 0.1) is 17.7 Å². The number of phenols is 1. The Hall–Kier alpha value is -2.82. The Bertz CT molecular complexity index is 936. The van der Waals surface area contributed by atoms with Crippen molar-refractivity contribution in [2.45, 2.75) is 38.5 Å². The van der Waals surface area contributed by atoms with Crippen LogP contribution in [-0.2, 0) is 0 Å². The van der Waals surface area contributed by atoms with E-state index in [1.165, 1.54) is 30.5 Å². The molecule has 1 fully saturated rings. The SMILES string of the molecule is O=C(NCC1CCC(C2=CCCC=C2)CC1)c1c[nH]cc1-c1ccc(F)c(O)c1. The third-order valence-corrected chi connectivity index (χ3v) is 6.14. The van der Waals surface area contributed by atoms with Gasteiger partial charge in [-0.1, -0.05) is 24.3 Å². The number of aromatic nitrogens is 1. The average molecular weight is 394 g/mol. The summed E-state index contributed by atoms with van der Waals surface area (Å²) in [6.45, 7) is 0.666. The molecule has 2 aromatic rings. The Kier molecular flexibility index (Phi) is 5.84. The lowest BCUT2D eigenvalue weighted by atomic mass is 9.77. The normalized spacial score (nSPS) is 21.6. The van der Waals surface area contributed by atoms with Gasteiger partial charge >= 0.3 is 0 Å². The molecule has 1 heterocycles. The predicted molar refractivity (Wildman–Crippen MR) is 112 cm³/mol. The first-order valence-electron chi connectivity index (χ1n) is 10.4. The van der Waals surface area contributed by atoms with Crippen LogP contribution < -0.4 is 5.32 Å². The highest BCUT2D eigenvalue weighted by molar-refractivity contribution is 6.00. The molecule has 2 aliphatic carbocycles. The van der Waals surface area contributed by atoms with Gasteiger partial charge in [0.25, 0.3) is 5.91 Å². The monoisotopic (exact) mass is 394 g/mol. The molecule has 1 aromatic heterocycles. The number of phenolic OH excluding ortho intramolecular Hbond substituents is 1. The molecule has 1 aromatic carbocycles. The van der Waals surface area contributed by atoms with Crippen LogP contribution in [0.3, 0.4) is 0 Å². The summed E-state index contributed by atoms with van der Waals surface area (Å²) in [6, 6.07) is 4.10. The zero-order chi connectivity index (χ0) is 20.2. The number of hydrogen-bond acceptors (Lipinski definition) is 2. The number of aromatic amines is 1. The first-order chi connectivity index (χ1) is 14.1. The summed E-state index contributed by atoms with van der Waals surface area (Å²) in [5.74, 6) is -0.0771. The average Bonchev–Trinajstić information content (AvgIpc) is 3.25. The van der Waals surface area contributed by atoms with E-state index < -0.39 is 11.6 Å². The highest BCUT2D eigenvalue weighted by Crippen LogP contribution is 2.35. The molecule has 0 saturated heterocycles. The lowest BCUT2D eigenvalue weighted by Gasteiger charge is -2.30. The van der Waals surface area contributed by atoms with E-state index in [2.05, 4.69) is 28.5 Å². The highest BCUT2D eigenvalue weighted by atomic mass is 19.1. The first kappa shape index (κ1) is 19.5. The van der Waals surface area contributed by atoms with E-state index in [-0.39, 0.29) is 5.91 Å². The Morgan fingerprint density at radius 2 is 2.00 bits per heavy atom. The number of nitrogens with one attached hydrogen (secondary N) is 2. The van der Waals surface area contributed by atoms with Crippen molar-refractivity contribution in [2.75, 3.05) is 6.54 Å². The first-order valence-corrected chi connectivity index (χ1v) is 10.4. The van der Waals surface area contributed by atoms with Crippen LogP contribution in [0.25, 0.3) is 11.1 Å². The van der Waals surface area contributed by atoms with Crippen molar-refractivity contribution >= 4 is 5.91 Å². The second-order valence-corrected chi connectivity index (χ2v) is 8.06. The molecule has 0 atom stereocenters. The number of halogens is 1. The van der Waals surface area contributed by atoms with Gasteiger partial charge in [0, 0.05) is 24.5 Å². The molecule has 152 valence electrons. The minimum absolute atomic E-state index is 0.148. The Balaban J connectivity index is 1.33. The van der Waals surface area contributed by atoms with E-state index in [9.17, 15) is 14.3 Å². The third kappa shape index (κ3) is 4.44. The molecule has 2 aliphatic rings. The van der Waals surface area contributed by atoms with Crippen molar-refractivity contribution in [3.8, 4) is 16.9 Å². The molecular weight excluding hydrogens is 367 g/mol. The van der Waals surface area contributed by atoms with Crippen molar-refractivity contribution in [1.82, 2.24) is 10.3 Å². The fourth-order valence-corrected chi connectivity index (χ4v) is 4.44. The molecular formula is C24H27FN2O2. The van der Waals surface area contributed by atoms with E-state index in [0.717, 1.165) is 25.7 Å². The van der Waals surface area contributed by atoms with Gasteiger partial charge in [0.15, 0.2) is 11.6 Å². The minimum atomic E-state index is -0.676. The number of hydrogen-bond donors (Lipinski definition) is 3. The topological polar surface area (TPSA) is 65.1 Å². The predicted octanol–water partition coefficient (Wildman–Crippen LogP) is 5.34. The van der Waals surface area contributed by atoms with E-state index >= 15 is 0 Å². The van der Waals surface area contributed by atoms with Gasteiger partial charge in [-0.15, -0.1) is 0 Å². The molecule has 0 unspecified atom stereocenters. The summed E-state index contributed by atoms with van der Waals surface area (Å²) in [4.78, 5) is 15.7. The molecule has 3 N–H and O–H groups in total. The number of carbonyl (C=O) groups excluding carboxylic acids is 1. The largest absolute Gasteiger partial charge is 0.505 e. The van der Waals surface area contributed by atoms with Crippen molar-refractivity contribution in [1.29, 1.82) is 0 Å². The second kappa shape index (κ2) is 8.68. The van der Waals surface area contributed by atoms with Crippen molar-refractivity contribution < 1.29 is 14.3 Å². The van der Waals surface area contributed by atoms with Crippen molar-refractivity contribution in [3.05, 3.63) is 65.8 Å². The number of benzene rings is 1. The summed E-state index contributed by atoms with van der Waals surface area (Å²) in [7, 11) is 0. The van der Waals surface area contributed by atoms with E-state index in [1.54, 1.807) is 18.5 Å². The Morgan fingerprint density at radius 3 is 2.72 bits per heavy atom. The summed E-state index contributed by atoms with van der Waals surface area (Å²) < 4.78 is 13.3. The van der Waals surface area contributed by atoms with Crippen LogP contribution in [0.5, 0.6) is 5.75 Å². The fraction of sp³-hybridized carbons (Fsp3) is 0.375. The van der Waals surface area contributed by atoms with Crippen LogP contribution in [0.4, 0.5) is 4.39 Å². The lowest BCUT2D eigenvalue weighted by Crippen LogP contribution is -2.31. The van der Waals surface area contributed by atoms with E-state index in [0.29, 0.717) is 35.1 Å². The van der Waals surface area contributed by atoms with E-state index in [1.807, 2.05) is 0 Å². The molecule has 4 nitrogen and oxygen atoms in total. The fourth-order valence-electron chi connectivity index (χ4n) is 4.44. The summed E-state index contributed by atoms with van der Waals surface area (Å²) in [5, 5.41) is 12.7. The smallest absolute Gasteiger partial charge is 0.253 e. The summed E-state index contributed by atoms with van der Waals surface area (Å²) in [5.41, 5.74) is 3.25. The standard InChI is InChI=1S/C24H27FN2O2/c25-22-11-10-19(12-23(22)28)20-14-26-15-21(20)24(29)27-13-16-6-8-18(9-7-16)17-4-2-1-3-5-17/h2,4-5,10-12,14-16,18,26,28H,1,3,6-9,13H2,(H,27,29). The van der Waals surface area contributed by atoms with Gasteiger partial charge < -0.3 is 15.4 Å². The van der Waals surface area contributed by atoms with Gasteiger partial charge in [0.2, 0.25) is 0 Å². The van der Waals surface area contributed by atoms with Crippen LogP contribution >= 0.6 is 0 Å². The molecule has 29 heavy (non-hydrogen) atoms. The number of carbonyl (C=O) groups is 1. The number of H-pyrrole nitrogens is 1. The van der Waals surface area contributed by atoms with Gasteiger partial charge in [0.1, 0.15) is 0 Å². The van der Waals surface area contributed by atoms with Crippen LogP contribution in [0.1, 0.15) is 48.9 Å². The lowest BCUT2D eigenvalue weighted by molar-refractivity contribution is 0.0943. The zero-order valence-corrected chi connectivity index (χ0v) is 16.5. The maximum absolute atomic E-state index is 13.3. The van der Waals surface area contributed by atoms with Gasteiger partial charge in [-0.3, -0.25) is 4.79 Å².